The summed E-state index contributed by atoms with van der Waals surface area (Å²) in [4.78, 5) is 26.3. The highest BCUT2D eigenvalue weighted by Gasteiger charge is 2.27. The number of rotatable bonds is 2. The Hall–Kier alpha value is -3.08. The highest BCUT2D eigenvalue weighted by atomic mass is 16.2. The molecule has 0 bridgehead atoms. The van der Waals surface area contributed by atoms with Gasteiger partial charge in [0.1, 0.15) is 11.5 Å². The van der Waals surface area contributed by atoms with Crippen molar-refractivity contribution in [1.82, 2.24) is 19.9 Å². The van der Waals surface area contributed by atoms with E-state index in [1.807, 2.05) is 29.2 Å². The number of fused-ring (bicyclic) bond motifs is 2. The van der Waals surface area contributed by atoms with Crippen LogP contribution >= 0.6 is 0 Å². The van der Waals surface area contributed by atoms with Crippen LogP contribution in [0.2, 0.25) is 0 Å². The Morgan fingerprint density at radius 2 is 1.85 bits per heavy atom. The summed E-state index contributed by atoms with van der Waals surface area (Å²) < 4.78 is 0. The molecule has 2 aromatic carbocycles. The Labute approximate surface area is 157 Å². The predicted octanol–water partition coefficient (Wildman–Crippen LogP) is 4.37. The van der Waals surface area contributed by atoms with Gasteiger partial charge in [-0.2, -0.15) is 0 Å². The summed E-state index contributed by atoms with van der Waals surface area (Å²) in [6, 6.07) is 16.3. The lowest BCUT2D eigenvalue weighted by Crippen LogP contribution is -2.38. The van der Waals surface area contributed by atoms with Crippen molar-refractivity contribution in [3.8, 4) is 0 Å². The minimum Gasteiger partial charge on any atom is -0.351 e. The molecule has 1 fully saturated rings. The second-order valence-corrected chi connectivity index (χ2v) is 7.48. The molecule has 5 heteroatoms. The molecule has 1 saturated heterocycles. The fraction of sp³-hybridized carbons (Fsp3) is 0.273. The van der Waals surface area contributed by atoms with E-state index in [0.717, 1.165) is 53.7 Å². The first-order valence-corrected chi connectivity index (χ1v) is 9.51. The lowest BCUT2D eigenvalue weighted by atomic mass is 9.96. The smallest absolute Gasteiger partial charge is 0.270 e. The summed E-state index contributed by atoms with van der Waals surface area (Å²) in [5.41, 5.74) is 4.99. The van der Waals surface area contributed by atoms with Gasteiger partial charge >= 0.3 is 0 Å². The third-order valence-electron chi connectivity index (χ3n) is 5.58. The topological polar surface area (TPSA) is 64.8 Å². The number of para-hydroxylation sites is 2. The number of nitrogens with zero attached hydrogens (tertiary/aromatic N) is 2. The van der Waals surface area contributed by atoms with Crippen molar-refractivity contribution in [3.05, 3.63) is 65.6 Å². The molecule has 0 saturated carbocycles. The minimum atomic E-state index is 0.0897. The number of likely N-dealkylation sites (tertiary alicyclic amines) is 1. The molecule has 0 aliphatic carbocycles. The molecule has 27 heavy (non-hydrogen) atoms. The van der Waals surface area contributed by atoms with Gasteiger partial charge in [-0.3, -0.25) is 4.79 Å². The summed E-state index contributed by atoms with van der Waals surface area (Å²) in [5, 5.41) is 1.08. The molecule has 2 aromatic heterocycles. The number of nitrogens with one attached hydrogen (secondary N) is 2. The Bertz CT molecular complexity index is 1100. The first-order chi connectivity index (χ1) is 13.2. The number of hydrogen-bond acceptors (Lipinski definition) is 2. The molecule has 0 atom stereocenters. The van der Waals surface area contributed by atoms with E-state index in [2.05, 4.69) is 41.2 Å². The number of benzene rings is 2. The number of imidazole rings is 1. The van der Waals surface area contributed by atoms with Gasteiger partial charge in [0.2, 0.25) is 0 Å². The number of aryl methyl sites for hydroxylation is 1. The van der Waals surface area contributed by atoms with E-state index in [0.29, 0.717) is 11.6 Å². The van der Waals surface area contributed by atoms with Crippen LogP contribution in [0.4, 0.5) is 0 Å². The molecular formula is C22H22N4O. The van der Waals surface area contributed by atoms with Crippen LogP contribution in [0.1, 0.15) is 40.6 Å². The van der Waals surface area contributed by atoms with Crippen LogP contribution in [0.15, 0.2) is 48.5 Å². The van der Waals surface area contributed by atoms with Crippen molar-refractivity contribution >= 4 is 27.8 Å². The molecule has 5 nitrogen and oxygen atoms in total. The van der Waals surface area contributed by atoms with Gasteiger partial charge in [-0.1, -0.05) is 24.3 Å². The number of piperidine rings is 1. The Morgan fingerprint density at radius 1 is 1.04 bits per heavy atom. The van der Waals surface area contributed by atoms with Crippen molar-refractivity contribution in [2.24, 2.45) is 0 Å². The van der Waals surface area contributed by atoms with E-state index in [1.165, 1.54) is 5.56 Å². The van der Waals surface area contributed by atoms with Crippen molar-refractivity contribution < 1.29 is 4.79 Å². The molecule has 0 unspecified atom stereocenters. The molecule has 1 aliphatic rings. The van der Waals surface area contributed by atoms with Gasteiger partial charge in [-0.05, 0) is 49.6 Å². The number of aromatic nitrogens is 3. The van der Waals surface area contributed by atoms with Crippen molar-refractivity contribution in [1.29, 1.82) is 0 Å². The average molecular weight is 358 g/mol. The predicted molar refractivity (Wildman–Crippen MR) is 107 cm³/mol. The molecule has 1 aliphatic heterocycles. The van der Waals surface area contributed by atoms with Gasteiger partial charge in [-0.25, -0.2) is 4.98 Å². The molecule has 1 amide bonds. The Balaban J connectivity index is 1.31. The van der Waals surface area contributed by atoms with Crippen LogP contribution in [0.5, 0.6) is 0 Å². The van der Waals surface area contributed by atoms with Crippen LogP contribution < -0.4 is 0 Å². The molecule has 0 radical (unpaired) electrons. The second-order valence-electron chi connectivity index (χ2n) is 7.48. The molecule has 136 valence electrons. The highest BCUT2D eigenvalue weighted by Crippen LogP contribution is 2.28. The monoisotopic (exact) mass is 358 g/mol. The first-order valence-electron chi connectivity index (χ1n) is 9.51. The maximum absolute atomic E-state index is 12.9. The van der Waals surface area contributed by atoms with Crippen LogP contribution in [-0.4, -0.2) is 38.8 Å². The zero-order valence-electron chi connectivity index (χ0n) is 15.3. The number of H-pyrrole nitrogens is 2. The summed E-state index contributed by atoms with van der Waals surface area (Å²) in [6.45, 7) is 3.58. The van der Waals surface area contributed by atoms with E-state index in [9.17, 15) is 4.79 Å². The maximum atomic E-state index is 12.9. The third kappa shape index (κ3) is 2.89. The summed E-state index contributed by atoms with van der Waals surface area (Å²) in [7, 11) is 0. The minimum absolute atomic E-state index is 0.0897. The number of carbonyl (C=O) groups excluding carboxylic acids is 1. The number of carbonyl (C=O) groups is 1. The second kappa shape index (κ2) is 6.27. The number of aromatic amines is 2. The van der Waals surface area contributed by atoms with Crippen molar-refractivity contribution in [2.75, 3.05) is 13.1 Å². The van der Waals surface area contributed by atoms with Crippen molar-refractivity contribution in [3.63, 3.8) is 0 Å². The van der Waals surface area contributed by atoms with Gasteiger partial charge in [0, 0.05) is 29.9 Å². The lowest BCUT2D eigenvalue weighted by molar-refractivity contribution is 0.0706. The van der Waals surface area contributed by atoms with E-state index in [4.69, 9.17) is 4.98 Å². The molecule has 4 aromatic rings. The van der Waals surface area contributed by atoms with E-state index < -0.39 is 0 Å². The maximum Gasteiger partial charge on any atom is 0.270 e. The SMILES string of the molecule is Cc1ccc2cc(C(=O)N3CCC(c4nc5ccccc5[nH]4)CC3)[nH]c2c1. The van der Waals surface area contributed by atoms with E-state index in [1.54, 1.807) is 0 Å². The van der Waals surface area contributed by atoms with E-state index in [-0.39, 0.29) is 5.91 Å². The van der Waals surface area contributed by atoms with Crippen LogP contribution in [0.3, 0.4) is 0 Å². The molecule has 2 N–H and O–H groups in total. The average Bonchev–Trinajstić information content (AvgIpc) is 3.31. The van der Waals surface area contributed by atoms with Gasteiger partial charge in [-0.15, -0.1) is 0 Å². The Kier molecular flexibility index (Phi) is 3.74. The van der Waals surface area contributed by atoms with Crippen LogP contribution in [0.25, 0.3) is 21.9 Å². The summed E-state index contributed by atoms with van der Waals surface area (Å²) in [5.74, 6) is 1.52. The standard InChI is InChI=1S/C22H22N4O/c1-14-6-7-16-13-20(23-19(16)12-14)22(27)26-10-8-15(9-11-26)21-24-17-4-2-3-5-18(17)25-21/h2-7,12-13,15,23H,8-11H2,1H3,(H,24,25). The Morgan fingerprint density at radius 3 is 2.67 bits per heavy atom. The number of amides is 1. The zero-order valence-corrected chi connectivity index (χ0v) is 15.3. The van der Waals surface area contributed by atoms with Crippen molar-refractivity contribution in [2.45, 2.75) is 25.7 Å². The van der Waals surface area contributed by atoms with Crippen LogP contribution in [0, 0.1) is 6.92 Å². The fourth-order valence-electron chi connectivity index (χ4n) is 4.05. The summed E-state index contributed by atoms with van der Waals surface area (Å²) in [6.07, 6.45) is 1.87. The summed E-state index contributed by atoms with van der Waals surface area (Å²) >= 11 is 0. The molecule has 0 spiro atoms. The lowest BCUT2D eigenvalue weighted by Gasteiger charge is -2.30. The number of hydrogen-bond donors (Lipinski definition) is 2. The zero-order chi connectivity index (χ0) is 18.4. The van der Waals surface area contributed by atoms with Gasteiger partial charge in [0.05, 0.1) is 11.0 Å². The molecule has 5 rings (SSSR count). The fourth-order valence-corrected chi connectivity index (χ4v) is 4.05. The quantitative estimate of drug-likeness (QED) is 0.559. The first kappa shape index (κ1) is 16.1. The molecular weight excluding hydrogens is 336 g/mol. The largest absolute Gasteiger partial charge is 0.351 e. The van der Waals surface area contributed by atoms with Gasteiger partial charge in [0.15, 0.2) is 0 Å². The van der Waals surface area contributed by atoms with Gasteiger partial charge < -0.3 is 14.9 Å². The molecule has 3 heterocycles. The van der Waals surface area contributed by atoms with E-state index >= 15 is 0 Å². The normalized spacial score (nSPS) is 15.7. The van der Waals surface area contributed by atoms with Gasteiger partial charge in [0.25, 0.3) is 5.91 Å². The third-order valence-corrected chi connectivity index (χ3v) is 5.58. The van der Waals surface area contributed by atoms with Crippen LogP contribution in [-0.2, 0) is 0 Å². The highest BCUT2D eigenvalue weighted by molar-refractivity contribution is 5.98.